The average Bonchev–Trinajstić information content (AvgIpc) is 3.34. The van der Waals surface area contributed by atoms with Crippen molar-refractivity contribution in [2.24, 2.45) is 13.0 Å². The van der Waals surface area contributed by atoms with Gasteiger partial charge in [-0.25, -0.2) is 9.97 Å². The molecule has 0 radical (unpaired) electrons. The second-order valence-corrected chi connectivity index (χ2v) is 7.23. The minimum Gasteiger partial charge on any atom is -0.334 e. The number of amides is 1. The van der Waals surface area contributed by atoms with Crippen LogP contribution in [0.5, 0.6) is 0 Å². The normalized spacial score (nSPS) is 15.9. The summed E-state index contributed by atoms with van der Waals surface area (Å²) in [4.78, 5) is 23.6. The summed E-state index contributed by atoms with van der Waals surface area (Å²) in [6, 6.07) is 9.76. The first-order valence-electron chi connectivity index (χ1n) is 9.18. The van der Waals surface area contributed by atoms with Gasteiger partial charge in [0.25, 0.3) is 5.91 Å². The van der Waals surface area contributed by atoms with Gasteiger partial charge < -0.3 is 10.2 Å². The second kappa shape index (κ2) is 6.19. The monoisotopic (exact) mass is 360 g/mol. The molecule has 27 heavy (non-hydrogen) atoms. The molecule has 7 heteroatoms. The van der Waals surface area contributed by atoms with E-state index in [0.29, 0.717) is 11.9 Å². The zero-order valence-corrected chi connectivity index (χ0v) is 15.1. The van der Waals surface area contributed by atoms with Crippen molar-refractivity contribution in [3.63, 3.8) is 0 Å². The van der Waals surface area contributed by atoms with Crippen LogP contribution in [0.25, 0.3) is 11.3 Å². The first-order chi connectivity index (χ1) is 13.2. The van der Waals surface area contributed by atoms with Gasteiger partial charge in [0.2, 0.25) is 5.95 Å². The third kappa shape index (κ3) is 3.05. The van der Waals surface area contributed by atoms with Gasteiger partial charge in [0.1, 0.15) is 5.82 Å². The molecule has 0 saturated heterocycles. The van der Waals surface area contributed by atoms with Crippen molar-refractivity contribution in [2.75, 3.05) is 11.9 Å². The molecule has 1 amide bonds. The molecule has 1 aliphatic carbocycles. The van der Waals surface area contributed by atoms with Crippen molar-refractivity contribution in [1.82, 2.24) is 24.6 Å². The molecule has 1 fully saturated rings. The van der Waals surface area contributed by atoms with E-state index in [0.717, 1.165) is 41.3 Å². The number of nitrogens with one attached hydrogen (secondary N) is 1. The van der Waals surface area contributed by atoms with Crippen LogP contribution in [0.1, 0.15) is 28.8 Å². The summed E-state index contributed by atoms with van der Waals surface area (Å²) in [6.07, 6.45) is 5.93. The number of aromatic nitrogens is 4. The number of aryl methyl sites for hydroxylation is 1. The topological polar surface area (TPSA) is 75.9 Å². The Morgan fingerprint density at radius 2 is 2.07 bits per heavy atom. The van der Waals surface area contributed by atoms with E-state index in [9.17, 15) is 4.79 Å². The van der Waals surface area contributed by atoms with Crippen molar-refractivity contribution < 1.29 is 4.79 Å². The van der Waals surface area contributed by atoms with Gasteiger partial charge in [0.15, 0.2) is 0 Å². The first-order valence-corrected chi connectivity index (χ1v) is 9.18. The Morgan fingerprint density at radius 1 is 1.19 bits per heavy atom. The quantitative estimate of drug-likeness (QED) is 0.757. The van der Waals surface area contributed by atoms with E-state index >= 15 is 0 Å². The minimum atomic E-state index is 0.140. The molecule has 7 nitrogen and oxygen atoms in total. The van der Waals surface area contributed by atoms with Crippen molar-refractivity contribution in [3.05, 3.63) is 53.9 Å². The van der Waals surface area contributed by atoms with Crippen molar-refractivity contribution in [3.8, 4) is 11.3 Å². The third-order valence-electron chi connectivity index (χ3n) is 5.18. The lowest BCUT2D eigenvalue weighted by Crippen LogP contribution is -2.26. The van der Waals surface area contributed by atoms with E-state index < -0.39 is 0 Å². The standard InChI is InChI=1S/C20H20N6O/c1-25-18(7-9-22-25)24-20-21-8-6-17(23-20)14-4-5-15-12-26(11-13-2-3-13)19(27)16(15)10-14/h4-10,13H,2-3,11-12H2,1H3,(H,21,23,24). The Labute approximate surface area is 157 Å². The van der Waals surface area contributed by atoms with Gasteiger partial charge in [-0.2, -0.15) is 5.10 Å². The summed E-state index contributed by atoms with van der Waals surface area (Å²) in [5, 5.41) is 7.29. The number of fused-ring (bicyclic) bond motifs is 1. The van der Waals surface area contributed by atoms with E-state index in [1.54, 1.807) is 17.1 Å². The van der Waals surface area contributed by atoms with Crippen LogP contribution >= 0.6 is 0 Å². The molecule has 1 aliphatic heterocycles. The maximum atomic E-state index is 12.7. The summed E-state index contributed by atoms with van der Waals surface area (Å²) >= 11 is 0. The number of rotatable bonds is 5. The Morgan fingerprint density at radius 3 is 2.85 bits per heavy atom. The highest BCUT2D eigenvalue weighted by atomic mass is 16.2. The fraction of sp³-hybridized carbons (Fsp3) is 0.300. The molecule has 1 aromatic carbocycles. The molecule has 0 atom stereocenters. The van der Waals surface area contributed by atoms with Gasteiger partial charge in [-0.3, -0.25) is 9.48 Å². The zero-order valence-electron chi connectivity index (χ0n) is 15.1. The summed E-state index contributed by atoms with van der Waals surface area (Å²) in [5.41, 5.74) is 3.61. The first kappa shape index (κ1) is 16.0. The van der Waals surface area contributed by atoms with E-state index in [1.165, 1.54) is 12.8 Å². The summed E-state index contributed by atoms with van der Waals surface area (Å²) in [7, 11) is 1.85. The van der Waals surface area contributed by atoms with Gasteiger partial charge in [-0.15, -0.1) is 0 Å². The van der Waals surface area contributed by atoms with Crippen molar-refractivity contribution in [2.45, 2.75) is 19.4 Å². The van der Waals surface area contributed by atoms with Crippen LogP contribution in [0.3, 0.4) is 0 Å². The van der Waals surface area contributed by atoms with Crippen LogP contribution < -0.4 is 5.32 Å². The molecular formula is C20H20N6O. The second-order valence-electron chi connectivity index (χ2n) is 7.23. The Bertz CT molecular complexity index is 1020. The molecule has 136 valence electrons. The minimum absolute atomic E-state index is 0.140. The van der Waals surface area contributed by atoms with Crippen LogP contribution in [-0.4, -0.2) is 37.1 Å². The van der Waals surface area contributed by atoms with Gasteiger partial charge in [-0.05, 0) is 36.5 Å². The zero-order chi connectivity index (χ0) is 18.4. The Kier molecular flexibility index (Phi) is 3.67. The molecule has 3 heterocycles. The maximum Gasteiger partial charge on any atom is 0.254 e. The fourth-order valence-electron chi connectivity index (χ4n) is 3.47. The molecule has 2 aliphatic rings. The van der Waals surface area contributed by atoms with Crippen LogP contribution in [0.2, 0.25) is 0 Å². The molecule has 0 bridgehead atoms. The molecule has 2 aromatic heterocycles. The summed E-state index contributed by atoms with van der Waals surface area (Å²) in [6.45, 7) is 1.61. The third-order valence-corrected chi connectivity index (χ3v) is 5.18. The number of hydrogen-bond donors (Lipinski definition) is 1. The van der Waals surface area contributed by atoms with Crippen LogP contribution in [0.15, 0.2) is 42.7 Å². The lowest BCUT2D eigenvalue weighted by atomic mass is 10.0. The molecule has 5 rings (SSSR count). The predicted molar refractivity (Wildman–Crippen MR) is 101 cm³/mol. The average molecular weight is 360 g/mol. The van der Waals surface area contributed by atoms with Crippen molar-refractivity contribution in [1.29, 1.82) is 0 Å². The van der Waals surface area contributed by atoms with Gasteiger partial charge >= 0.3 is 0 Å². The Hall–Kier alpha value is -3.22. The lowest BCUT2D eigenvalue weighted by Gasteiger charge is -2.14. The van der Waals surface area contributed by atoms with Gasteiger partial charge in [-0.1, -0.05) is 12.1 Å². The molecule has 3 aromatic rings. The number of benzene rings is 1. The SMILES string of the molecule is Cn1nccc1Nc1nccc(-c2ccc3c(c2)C(=O)N(CC2CC2)C3)n1. The van der Waals surface area contributed by atoms with E-state index in [4.69, 9.17) is 0 Å². The Balaban J connectivity index is 1.41. The lowest BCUT2D eigenvalue weighted by molar-refractivity contribution is 0.0771. The molecule has 1 N–H and O–H groups in total. The molecule has 1 saturated carbocycles. The molecule has 0 spiro atoms. The fourth-order valence-corrected chi connectivity index (χ4v) is 3.47. The van der Waals surface area contributed by atoms with E-state index in [1.807, 2.05) is 42.3 Å². The van der Waals surface area contributed by atoms with Crippen LogP contribution in [0.4, 0.5) is 11.8 Å². The number of carbonyl (C=O) groups excluding carboxylic acids is 1. The maximum absolute atomic E-state index is 12.7. The van der Waals surface area contributed by atoms with Gasteiger partial charge in [0.05, 0.1) is 11.9 Å². The summed E-state index contributed by atoms with van der Waals surface area (Å²) in [5.74, 6) is 2.15. The highest BCUT2D eigenvalue weighted by Gasteiger charge is 2.32. The highest BCUT2D eigenvalue weighted by molar-refractivity contribution is 5.99. The van der Waals surface area contributed by atoms with E-state index in [-0.39, 0.29) is 5.91 Å². The van der Waals surface area contributed by atoms with E-state index in [2.05, 4.69) is 20.4 Å². The molecular weight excluding hydrogens is 340 g/mol. The number of nitrogens with zero attached hydrogens (tertiary/aromatic N) is 5. The van der Waals surface area contributed by atoms with Gasteiger partial charge in [0, 0.05) is 43.5 Å². The molecule has 0 unspecified atom stereocenters. The number of carbonyl (C=O) groups is 1. The van der Waals surface area contributed by atoms with Crippen LogP contribution in [-0.2, 0) is 13.6 Å². The predicted octanol–water partition coefficient (Wildman–Crippen LogP) is 2.99. The highest BCUT2D eigenvalue weighted by Crippen LogP contribution is 2.34. The van der Waals surface area contributed by atoms with Crippen molar-refractivity contribution >= 4 is 17.7 Å². The number of anilines is 2. The smallest absolute Gasteiger partial charge is 0.254 e. The summed E-state index contributed by atoms with van der Waals surface area (Å²) < 4.78 is 1.72. The number of hydrogen-bond acceptors (Lipinski definition) is 5. The van der Waals surface area contributed by atoms with Crippen LogP contribution in [0, 0.1) is 5.92 Å². The largest absolute Gasteiger partial charge is 0.334 e.